The Labute approximate surface area is 115 Å². The van der Waals surface area contributed by atoms with Gasteiger partial charge < -0.3 is 10.2 Å². The van der Waals surface area contributed by atoms with E-state index in [9.17, 15) is 9.90 Å². The highest BCUT2D eigenvalue weighted by Gasteiger charge is 2.04. The second-order valence-electron chi connectivity index (χ2n) is 4.13. The number of rotatable bonds is 3. The number of aromatic nitrogens is 1. The van der Waals surface area contributed by atoms with E-state index in [1.165, 1.54) is 30.6 Å². The smallest absolute Gasteiger partial charge is 0.272 e. The quantitative estimate of drug-likeness (QED) is 0.583. The Bertz CT molecular complexity index is 651. The molecule has 2 rings (SSSR count). The van der Waals surface area contributed by atoms with Crippen molar-refractivity contribution < 1.29 is 15.0 Å². The monoisotopic (exact) mass is 271 g/mol. The Morgan fingerprint density at radius 2 is 2.10 bits per heavy atom. The third-order valence-electron chi connectivity index (χ3n) is 2.56. The first-order valence-electron chi connectivity index (χ1n) is 5.84. The van der Waals surface area contributed by atoms with Crippen LogP contribution in [0.5, 0.6) is 11.5 Å². The molecule has 102 valence electrons. The van der Waals surface area contributed by atoms with Gasteiger partial charge in [-0.1, -0.05) is 0 Å². The zero-order valence-electron chi connectivity index (χ0n) is 10.7. The van der Waals surface area contributed by atoms with E-state index in [-0.39, 0.29) is 11.5 Å². The molecule has 0 aliphatic heterocycles. The lowest BCUT2D eigenvalue weighted by Gasteiger charge is -2.01. The number of phenols is 2. The summed E-state index contributed by atoms with van der Waals surface area (Å²) in [6.07, 6.45) is 2.74. The van der Waals surface area contributed by atoms with Crippen molar-refractivity contribution in [2.24, 2.45) is 5.10 Å². The molecule has 0 unspecified atom stereocenters. The number of hydrogen-bond donors (Lipinski definition) is 3. The highest BCUT2D eigenvalue weighted by atomic mass is 16.3. The number of carbonyl (C=O) groups is 1. The zero-order chi connectivity index (χ0) is 14.5. The van der Waals surface area contributed by atoms with Crippen molar-refractivity contribution in [2.75, 3.05) is 0 Å². The maximum absolute atomic E-state index is 11.7. The summed E-state index contributed by atoms with van der Waals surface area (Å²) in [5.41, 5.74) is 3.92. The predicted octanol–water partition coefficient (Wildman–Crippen LogP) is 1.57. The maximum Gasteiger partial charge on any atom is 0.272 e. The summed E-state index contributed by atoms with van der Waals surface area (Å²) in [7, 11) is 0. The van der Waals surface area contributed by atoms with E-state index in [4.69, 9.17) is 5.11 Å². The van der Waals surface area contributed by atoms with Crippen LogP contribution < -0.4 is 5.43 Å². The van der Waals surface area contributed by atoms with Crippen LogP contribution in [0.3, 0.4) is 0 Å². The van der Waals surface area contributed by atoms with Crippen LogP contribution in [0, 0.1) is 6.92 Å². The highest BCUT2D eigenvalue weighted by Crippen LogP contribution is 2.20. The van der Waals surface area contributed by atoms with E-state index in [1.807, 2.05) is 6.92 Å². The molecule has 0 bridgehead atoms. The standard InChI is InChI=1S/C14H13N3O3/c1-9-2-3-11(7-15-9)14(20)17-16-8-10-4-5-12(18)6-13(10)19/h2-8,18-19H,1H3,(H,17,20). The van der Waals surface area contributed by atoms with Gasteiger partial charge >= 0.3 is 0 Å². The summed E-state index contributed by atoms with van der Waals surface area (Å²) in [6, 6.07) is 7.45. The Morgan fingerprint density at radius 1 is 1.30 bits per heavy atom. The van der Waals surface area contributed by atoms with Crippen LogP contribution in [-0.2, 0) is 0 Å². The van der Waals surface area contributed by atoms with Crippen LogP contribution in [0.15, 0.2) is 41.6 Å². The van der Waals surface area contributed by atoms with E-state index in [1.54, 1.807) is 12.1 Å². The van der Waals surface area contributed by atoms with Crippen LogP contribution in [0.1, 0.15) is 21.6 Å². The van der Waals surface area contributed by atoms with Gasteiger partial charge in [0.1, 0.15) is 11.5 Å². The molecule has 0 atom stereocenters. The summed E-state index contributed by atoms with van der Waals surface area (Å²) < 4.78 is 0. The fourth-order valence-electron chi connectivity index (χ4n) is 1.47. The molecule has 2 aromatic rings. The van der Waals surface area contributed by atoms with Crippen LogP contribution in [0.25, 0.3) is 0 Å². The Morgan fingerprint density at radius 3 is 2.75 bits per heavy atom. The van der Waals surface area contributed by atoms with E-state index < -0.39 is 5.91 Å². The normalized spacial score (nSPS) is 10.7. The summed E-state index contributed by atoms with van der Waals surface area (Å²) >= 11 is 0. The third-order valence-corrected chi connectivity index (χ3v) is 2.56. The van der Waals surface area contributed by atoms with Crippen molar-refractivity contribution in [1.29, 1.82) is 0 Å². The molecular weight excluding hydrogens is 258 g/mol. The van der Waals surface area contributed by atoms with E-state index >= 15 is 0 Å². The first-order chi connectivity index (χ1) is 9.56. The number of pyridine rings is 1. The molecule has 0 aliphatic carbocycles. The molecule has 3 N–H and O–H groups in total. The van der Waals surface area contributed by atoms with Gasteiger partial charge in [0.05, 0.1) is 11.8 Å². The van der Waals surface area contributed by atoms with E-state index in [0.29, 0.717) is 11.1 Å². The predicted molar refractivity (Wildman–Crippen MR) is 73.8 cm³/mol. The summed E-state index contributed by atoms with van der Waals surface area (Å²) in [4.78, 5) is 15.7. The molecule has 1 heterocycles. The second kappa shape index (κ2) is 5.83. The fourth-order valence-corrected chi connectivity index (χ4v) is 1.47. The molecule has 0 saturated heterocycles. The number of aryl methyl sites for hydroxylation is 1. The second-order valence-corrected chi connectivity index (χ2v) is 4.13. The van der Waals surface area contributed by atoms with E-state index in [2.05, 4.69) is 15.5 Å². The number of hydrazone groups is 1. The molecular formula is C14H13N3O3. The van der Waals surface area contributed by atoms with Crippen LogP contribution in [-0.4, -0.2) is 27.3 Å². The summed E-state index contributed by atoms with van der Waals surface area (Å²) in [5, 5.41) is 22.4. The molecule has 0 spiro atoms. The Balaban J connectivity index is 2.02. The first-order valence-corrected chi connectivity index (χ1v) is 5.84. The van der Waals surface area contributed by atoms with Crippen LogP contribution in [0.2, 0.25) is 0 Å². The number of amides is 1. The van der Waals surface area contributed by atoms with Gasteiger partial charge in [-0.3, -0.25) is 9.78 Å². The zero-order valence-corrected chi connectivity index (χ0v) is 10.7. The lowest BCUT2D eigenvalue weighted by Crippen LogP contribution is -2.17. The van der Waals surface area contributed by atoms with Gasteiger partial charge in [-0.05, 0) is 31.2 Å². The number of phenolic OH excluding ortho intramolecular Hbond substituents is 2. The molecule has 0 aliphatic rings. The average molecular weight is 271 g/mol. The van der Waals surface area contributed by atoms with Gasteiger partial charge in [-0.15, -0.1) is 0 Å². The molecule has 6 heteroatoms. The number of nitrogens with zero attached hydrogens (tertiary/aromatic N) is 2. The Kier molecular flexibility index (Phi) is 3.95. The molecule has 20 heavy (non-hydrogen) atoms. The summed E-state index contributed by atoms with van der Waals surface area (Å²) in [5.74, 6) is -0.568. The molecule has 1 amide bonds. The van der Waals surface area contributed by atoms with Crippen molar-refractivity contribution in [1.82, 2.24) is 10.4 Å². The van der Waals surface area contributed by atoms with Crippen LogP contribution in [0.4, 0.5) is 0 Å². The molecule has 1 aromatic carbocycles. The number of nitrogens with one attached hydrogen (secondary N) is 1. The largest absolute Gasteiger partial charge is 0.508 e. The number of carbonyl (C=O) groups excluding carboxylic acids is 1. The minimum atomic E-state index is -0.396. The lowest BCUT2D eigenvalue weighted by molar-refractivity contribution is 0.0954. The van der Waals surface area contributed by atoms with Crippen LogP contribution >= 0.6 is 0 Å². The van der Waals surface area contributed by atoms with Gasteiger partial charge in [-0.25, -0.2) is 5.43 Å². The van der Waals surface area contributed by atoms with Gasteiger partial charge in [0.2, 0.25) is 0 Å². The van der Waals surface area contributed by atoms with Crippen molar-refractivity contribution in [2.45, 2.75) is 6.92 Å². The minimum Gasteiger partial charge on any atom is -0.508 e. The highest BCUT2D eigenvalue weighted by molar-refractivity contribution is 5.94. The maximum atomic E-state index is 11.7. The molecule has 0 fully saturated rings. The average Bonchev–Trinajstić information content (AvgIpc) is 2.42. The van der Waals surface area contributed by atoms with Crippen molar-refractivity contribution in [3.8, 4) is 11.5 Å². The third kappa shape index (κ3) is 3.32. The molecule has 1 aromatic heterocycles. The Hall–Kier alpha value is -2.89. The fraction of sp³-hybridized carbons (Fsp3) is 0.0714. The lowest BCUT2D eigenvalue weighted by atomic mass is 10.2. The topological polar surface area (TPSA) is 94.8 Å². The van der Waals surface area contributed by atoms with Gasteiger partial charge in [-0.2, -0.15) is 5.10 Å². The number of aromatic hydroxyl groups is 2. The van der Waals surface area contributed by atoms with Crippen molar-refractivity contribution in [3.05, 3.63) is 53.3 Å². The molecule has 0 radical (unpaired) electrons. The SMILES string of the molecule is Cc1ccc(C(=O)NN=Cc2ccc(O)cc2O)cn1. The van der Waals surface area contributed by atoms with Gasteiger partial charge in [0.25, 0.3) is 5.91 Å². The molecule has 0 saturated carbocycles. The van der Waals surface area contributed by atoms with Crippen molar-refractivity contribution in [3.63, 3.8) is 0 Å². The summed E-state index contributed by atoms with van der Waals surface area (Å²) in [6.45, 7) is 1.83. The molecule has 6 nitrogen and oxygen atoms in total. The van der Waals surface area contributed by atoms with E-state index in [0.717, 1.165) is 5.69 Å². The van der Waals surface area contributed by atoms with Gasteiger partial charge in [0.15, 0.2) is 0 Å². The number of benzene rings is 1. The number of hydrogen-bond acceptors (Lipinski definition) is 5. The van der Waals surface area contributed by atoms with Crippen molar-refractivity contribution >= 4 is 12.1 Å². The minimum absolute atomic E-state index is 0.0468. The van der Waals surface area contributed by atoms with Gasteiger partial charge in [0, 0.05) is 23.5 Å². The first kappa shape index (κ1) is 13.5.